The van der Waals surface area contributed by atoms with Gasteiger partial charge >= 0.3 is 0 Å². The molecule has 1 heterocycles. The summed E-state index contributed by atoms with van der Waals surface area (Å²) in [6.45, 7) is 9.16. The van der Waals surface area contributed by atoms with Gasteiger partial charge in [0.2, 0.25) is 5.91 Å². The van der Waals surface area contributed by atoms with Crippen molar-refractivity contribution in [2.75, 3.05) is 42.9 Å². The van der Waals surface area contributed by atoms with Crippen LogP contribution in [0.2, 0.25) is 5.02 Å². The smallest absolute Gasteiger partial charge is 0.237 e. The molecule has 27 heavy (non-hydrogen) atoms. The molecule has 0 aromatic heterocycles. The lowest BCUT2D eigenvalue weighted by atomic mass is 10.2. The lowest BCUT2D eigenvalue weighted by Crippen LogP contribution is -2.46. The molecule has 2 aromatic rings. The molecule has 1 unspecified atom stereocenters. The van der Waals surface area contributed by atoms with E-state index in [9.17, 15) is 4.79 Å². The summed E-state index contributed by atoms with van der Waals surface area (Å²) in [5.41, 5.74) is 1.83. The summed E-state index contributed by atoms with van der Waals surface area (Å²) in [4.78, 5) is 18.6. The highest BCUT2D eigenvalue weighted by atomic mass is 35.5. The fourth-order valence-electron chi connectivity index (χ4n) is 3.18. The van der Waals surface area contributed by atoms with Crippen LogP contribution in [-0.4, -0.2) is 48.8 Å². The minimum Gasteiger partial charge on any atom is -0.367 e. The van der Waals surface area contributed by atoms with Gasteiger partial charge in [0.1, 0.15) is 0 Å². The van der Waals surface area contributed by atoms with Crippen LogP contribution in [0.25, 0.3) is 0 Å². The van der Waals surface area contributed by atoms with Crippen molar-refractivity contribution in [1.29, 1.82) is 0 Å². The zero-order chi connectivity index (χ0) is 19.2. The average molecular weight is 404 g/mol. The van der Waals surface area contributed by atoms with E-state index in [0.717, 1.165) is 49.0 Å². The molecular weight excluding hydrogens is 378 g/mol. The van der Waals surface area contributed by atoms with Crippen LogP contribution in [0.15, 0.2) is 53.4 Å². The number of nitrogens with zero attached hydrogens (tertiary/aromatic N) is 2. The van der Waals surface area contributed by atoms with Crippen LogP contribution < -0.4 is 10.2 Å². The molecule has 1 atom stereocenters. The van der Waals surface area contributed by atoms with E-state index in [0.29, 0.717) is 5.02 Å². The van der Waals surface area contributed by atoms with E-state index in [1.54, 1.807) is 11.8 Å². The number of rotatable bonds is 6. The first-order valence-corrected chi connectivity index (χ1v) is 10.6. The molecule has 6 heteroatoms. The van der Waals surface area contributed by atoms with Gasteiger partial charge < -0.3 is 15.1 Å². The number of benzene rings is 2. The second-order valence-electron chi connectivity index (χ2n) is 6.65. The topological polar surface area (TPSA) is 35.6 Å². The van der Waals surface area contributed by atoms with Crippen LogP contribution >= 0.6 is 23.4 Å². The van der Waals surface area contributed by atoms with E-state index >= 15 is 0 Å². The Morgan fingerprint density at radius 2 is 1.85 bits per heavy atom. The molecule has 0 aliphatic carbocycles. The number of amides is 1. The molecule has 0 saturated carbocycles. The van der Waals surface area contributed by atoms with Gasteiger partial charge in [-0.25, -0.2) is 0 Å². The third-order valence-electron chi connectivity index (χ3n) is 4.80. The van der Waals surface area contributed by atoms with Crippen molar-refractivity contribution in [3.8, 4) is 0 Å². The van der Waals surface area contributed by atoms with E-state index < -0.39 is 0 Å². The van der Waals surface area contributed by atoms with Crippen molar-refractivity contribution in [2.24, 2.45) is 0 Å². The zero-order valence-corrected chi connectivity index (χ0v) is 17.4. The van der Waals surface area contributed by atoms with Crippen LogP contribution in [-0.2, 0) is 4.79 Å². The second kappa shape index (κ2) is 9.49. The van der Waals surface area contributed by atoms with E-state index in [2.05, 4.69) is 22.0 Å². The Morgan fingerprint density at radius 1 is 1.15 bits per heavy atom. The van der Waals surface area contributed by atoms with Crippen molar-refractivity contribution < 1.29 is 4.79 Å². The SMILES string of the molecule is CCN1CCN(c2ccc(Cl)cc2NC(=O)C(C)Sc2ccccc2)CC1. The van der Waals surface area contributed by atoms with Gasteiger partial charge in [-0.2, -0.15) is 0 Å². The number of hydrogen-bond donors (Lipinski definition) is 1. The number of piperazine rings is 1. The molecule has 2 aromatic carbocycles. The molecular formula is C21H26ClN3OS. The van der Waals surface area contributed by atoms with Crippen LogP contribution in [0.4, 0.5) is 11.4 Å². The number of anilines is 2. The molecule has 144 valence electrons. The van der Waals surface area contributed by atoms with Crippen LogP contribution in [0.1, 0.15) is 13.8 Å². The van der Waals surface area contributed by atoms with Gasteiger partial charge in [0.05, 0.1) is 16.6 Å². The third-order valence-corrected chi connectivity index (χ3v) is 6.15. The largest absolute Gasteiger partial charge is 0.367 e. The number of carbonyl (C=O) groups is 1. The fraction of sp³-hybridized carbons (Fsp3) is 0.381. The summed E-state index contributed by atoms with van der Waals surface area (Å²) in [6.07, 6.45) is 0. The van der Waals surface area contributed by atoms with E-state index in [1.807, 2.05) is 55.5 Å². The minimum atomic E-state index is -0.198. The van der Waals surface area contributed by atoms with Gasteiger partial charge in [-0.1, -0.05) is 36.7 Å². The number of nitrogens with one attached hydrogen (secondary N) is 1. The Labute approximate surface area is 170 Å². The number of hydrogen-bond acceptors (Lipinski definition) is 4. The quantitative estimate of drug-likeness (QED) is 0.715. The summed E-state index contributed by atoms with van der Waals surface area (Å²) >= 11 is 7.77. The molecule has 1 aliphatic rings. The highest BCUT2D eigenvalue weighted by molar-refractivity contribution is 8.00. The first kappa shape index (κ1) is 20.1. The molecule has 4 nitrogen and oxygen atoms in total. The molecule has 0 spiro atoms. The van der Waals surface area contributed by atoms with Gasteiger partial charge in [-0.15, -0.1) is 11.8 Å². The molecule has 1 fully saturated rings. The van der Waals surface area contributed by atoms with Gasteiger partial charge in [-0.3, -0.25) is 4.79 Å². The Morgan fingerprint density at radius 3 is 2.52 bits per heavy atom. The van der Waals surface area contributed by atoms with Crippen molar-refractivity contribution in [2.45, 2.75) is 24.0 Å². The van der Waals surface area contributed by atoms with E-state index in [-0.39, 0.29) is 11.2 Å². The molecule has 0 bridgehead atoms. The van der Waals surface area contributed by atoms with E-state index in [1.165, 1.54) is 0 Å². The summed E-state index contributed by atoms with van der Waals surface area (Å²) in [6, 6.07) is 15.7. The maximum atomic E-state index is 12.8. The van der Waals surface area contributed by atoms with Crippen LogP contribution in [0.5, 0.6) is 0 Å². The summed E-state index contributed by atoms with van der Waals surface area (Å²) < 4.78 is 0. The maximum absolute atomic E-state index is 12.8. The summed E-state index contributed by atoms with van der Waals surface area (Å²) in [5, 5.41) is 3.53. The minimum absolute atomic E-state index is 0.0143. The number of halogens is 1. The van der Waals surface area contributed by atoms with Gasteiger partial charge in [0, 0.05) is 36.1 Å². The van der Waals surface area contributed by atoms with Crippen molar-refractivity contribution in [1.82, 2.24) is 4.90 Å². The third kappa shape index (κ3) is 5.41. The van der Waals surface area contributed by atoms with Crippen LogP contribution in [0.3, 0.4) is 0 Å². The predicted molar refractivity (Wildman–Crippen MR) is 116 cm³/mol. The van der Waals surface area contributed by atoms with Crippen molar-refractivity contribution >= 4 is 40.6 Å². The fourth-order valence-corrected chi connectivity index (χ4v) is 4.24. The number of carbonyl (C=O) groups excluding carboxylic acids is 1. The lowest BCUT2D eigenvalue weighted by molar-refractivity contribution is -0.115. The number of likely N-dealkylation sites (N-methyl/N-ethyl adjacent to an activating group) is 1. The summed E-state index contributed by atoms with van der Waals surface area (Å²) in [5.74, 6) is -0.0143. The molecule has 1 saturated heterocycles. The summed E-state index contributed by atoms with van der Waals surface area (Å²) in [7, 11) is 0. The predicted octanol–water partition coefficient (Wildman–Crippen LogP) is 4.60. The molecule has 1 amide bonds. The highest BCUT2D eigenvalue weighted by Crippen LogP contribution is 2.31. The zero-order valence-electron chi connectivity index (χ0n) is 15.8. The first-order chi connectivity index (χ1) is 13.1. The van der Waals surface area contributed by atoms with Crippen molar-refractivity contribution in [3.63, 3.8) is 0 Å². The Kier molecular flexibility index (Phi) is 7.05. The molecule has 1 N–H and O–H groups in total. The maximum Gasteiger partial charge on any atom is 0.237 e. The Bertz CT molecular complexity index is 763. The second-order valence-corrected chi connectivity index (χ2v) is 8.50. The number of thioether (sulfide) groups is 1. The molecule has 3 rings (SSSR count). The van der Waals surface area contributed by atoms with Gasteiger partial charge in [0.25, 0.3) is 0 Å². The highest BCUT2D eigenvalue weighted by Gasteiger charge is 2.21. The van der Waals surface area contributed by atoms with Gasteiger partial charge in [0.15, 0.2) is 0 Å². The first-order valence-electron chi connectivity index (χ1n) is 9.36. The van der Waals surface area contributed by atoms with Gasteiger partial charge in [-0.05, 0) is 43.8 Å². The van der Waals surface area contributed by atoms with E-state index in [4.69, 9.17) is 11.6 Å². The normalized spacial score (nSPS) is 16.2. The molecule has 1 aliphatic heterocycles. The standard InChI is InChI=1S/C21H26ClN3OS/c1-3-24-11-13-25(14-12-24)20-10-9-17(22)15-19(20)23-21(26)16(2)27-18-7-5-4-6-8-18/h4-10,15-16H,3,11-14H2,1-2H3,(H,23,26). The average Bonchev–Trinajstić information content (AvgIpc) is 2.69. The Hall–Kier alpha value is -1.69. The lowest BCUT2D eigenvalue weighted by Gasteiger charge is -2.36. The van der Waals surface area contributed by atoms with Crippen molar-refractivity contribution in [3.05, 3.63) is 53.6 Å². The van der Waals surface area contributed by atoms with Crippen LogP contribution in [0, 0.1) is 0 Å². The monoisotopic (exact) mass is 403 g/mol. The Balaban J connectivity index is 1.70. The molecule has 0 radical (unpaired) electrons.